The molecule has 0 unspecified atom stereocenters. The Bertz CT molecular complexity index is 1180. The van der Waals surface area contributed by atoms with Crippen LogP contribution in [-0.2, 0) is 20.2 Å². The molecule has 0 aromatic heterocycles. The van der Waals surface area contributed by atoms with Gasteiger partial charge in [-0.05, 0) is 37.1 Å². The van der Waals surface area contributed by atoms with Gasteiger partial charge in [-0.2, -0.15) is 16.8 Å². The fraction of sp³-hybridized carbons (Fsp3) is 0.300. The molecule has 0 saturated carbocycles. The Kier molecular flexibility index (Phi) is 9.85. The molecule has 2 aromatic rings. The number of nitrogens with one attached hydrogen (secondary N) is 2. The molecule has 0 fully saturated rings. The van der Waals surface area contributed by atoms with Crippen molar-refractivity contribution in [1.82, 2.24) is 10.6 Å². The van der Waals surface area contributed by atoms with E-state index in [4.69, 9.17) is 23.2 Å². The summed E-state index contributed by atoms with van der Waals surface area (Å²) in [7, 11) is -9.87. The van der Waals surface area contributed by atoms with Gasteiger partial charge < -0.3 is 10.6 Å². The zero-order valence-electron chi connectivity index (χ0n) is 17.6. The molecule has 10 nitrogen and oxygen atoms in total. The topological polar surface area (TPSA) is 167 Å². The van der Waals surface area contributed by atoms with E-state index in [-0.39, 0.29) is 35.3 Å². The number of carbonyl (C=O) groups excluding carboxylic acids is 2. The van der Waals surface area contributed by atoms with Crippen LogP contribution < -0.4 is 10.6 Å². The van der Waals surface area contributed by atoms with Gasteiger partial charge in [0.15, 0.2) is 0 Å². The second-order valence-corrected chi connectivity index (χ2v) is 10.5. The first-order valence-electron chi connectivity index (χ1n) is 9.82. The Hall–Kier alpha value is -2.22. The Balaban J connectivity index is 2.60. The maximum atomic E-state index is 12.3. The van der Waals surface area contributed by atoms with Crippen molar-refractivity contribution in [2.24, 2.45) is 0 Å². The normalized spacial score (nSPS) is 11.8. The minimum absolute atomic E-state index is 0.116. The van der Waals surface area contributed by atoms with Gasteiger partial charge in [0.1, 0.15) is 9.79 Å². The molecule has 0 radical (unpaired) electrons. The highest BCUT2D eigenvalue weighted by Gasteiger charge is 2.25. The van der Waals surface area contributed by atoms with Gasteiger partial charge in [-0.15, -0.1) is 23.2 Å². The van der Waals surface area contributed by atoms with Crippen LogP contribution in [0.3, 0.4) is 0 Å². The first kappa shape index (κ1) is 28.0. The van der Waals surface area contributed by atoms with Crippen LogP contribution in [0.25, 0.3) is 11.1 Å². The number of benzene rings is 2. The molecule has 2 rings (SSSR count). The van der Waals surface area contributed by atoms with E-state index in [0.717, 1.165) is 24.3 Å². The molecular weight excluding hydrogens is 531 g/mol. The Morgan fingerprint density at radius 2 is 1.06 bits per heavy atom. The smallest absolute Gasteiger partial charge is 0.295 e. The van der Waals surface area contributed by atoms with Crippen LogP contribution in [0.5, 0.6) is 0 Å². The summed E-state index contributed by atoms with van der Waals surface area (Å²) >= 11 is 11.1. The van der Waals surface area contributed by atoms with Crippen LogP contribution in [0.4, 0.5) is 0 Å². The zero-order valence-corrected chi connectivity index (χ0v) is 20.8. The van der Waals surface area contributed by atoms with Crippen molar-refractivity contribution in [3.63, 3.8) is 0 Å². The molecule has 0 heterocycles. The number of hydrogen-bond donors (Lipinski definition) is 4. The summed E-state index contributed by atoms with van der Waals surface area (Å²) in [5.74, 6) is -0.676. The Morgan fingerprint density at radius 3 is 1.35 bits per heavy atom. The minimum atomic E-state index is -4.94. The van der Waals surface area contributed by atoms with Crippen molar-refractivity contribution in [2.45, 2.75) is 22.6 Å². The molecule has 0 aliphatic rings. The lowest BCUT2D eigenvalue weighted by atomic mass is 10.0. The molecule has 186 valence electrons. The Morgan fingerprint density at radius 1 is 0.706 bits per heavy atom. The maximum Gasteiger partial charge on any atom is 0.295 e. The summed E-state index contributed by atoms with van der Waals surface area (Å²) in [5.41, 5.74) is -0.840. The van der Waals surface area contributed by atoms with Crippen LogP contribution in [0.1, 0.15) is 33.6 Å². The predicted molar refractivity (Wildman–Crippen MR) is 127 cm³/mol. The molecule has 0 aliphatic heterocycles. The van der Waals surface area contributed by atoms with E-state index in [1.54, 1.807) is 0 Å². The second-order valence-electron chi connectivity index (χ2n) is 6.97. The number of alkyl halides is 2. The zero-order chi connectivity index (χ0) is 25.5. The summed E-state index contributed by atoms with van der Waals surface area (Å²) in [6, 6.07) is 6.43. The van der Waals surface area contributed by atoms with E-state index in [1.807, 2.05) is 0 Å². The van der Waals surface area contributed by atoms with Crippen molar-refractivity contribution in [2.75, 3.05) is 24.8 Å². The molecule has 4 N–H and O–H groups in total. The number of carbonyl (C=O) groups is 2. The monoisotopic (exact) mass is 552 g/mol. The average Bonchev–Trinajstić information content (AvgIpc) is 2.77. The van der Waals surface area contributed by atoms with Crippen molar-refractivity contribution in [3.05, 3.63) is 47.5 Å². The van der Waals surface area contributed by atoms with E-state index < -0.39 is 41.8 Å². The summed E-state index contributed by atoms with van der Waals surface area (Å²) in [6.45, 7) is 0.458. The summed E-state index contributed by atoms with van der Waals surface area (Å²) in [6.07, 6.45) is 0.945. The van der Waals surface area contributed by atoms with E-state index in [1.165, 1.54) is 12.1 Å². The van der Waals surface area contributed by atoms with Gasteiger partial charge in [0, 0.05) is 47.1 Å². The first-order valence-corrected chi connectivity index (χ1v) is 13.8. The fourth-order valence-corrected chi connectivity index (χ4v) is 4.67. The van der Waals surface area contributed by atoms with Gasteiger partial charge in [0.25, 0.3) is 32.1 Å². The van der Waals surface area contributed by atoms with Gasteiger partial charge in [-0.3, -0.25) is 18.7 Å². The van der Waals surface area contributed by atoms with E-state index >= 15 is 0 Å². The summed E-state index contributed by atoms with van der Waals surface area (Å²) in [4.78, 5) is 23.0. The number of halogens is 2. The third kappa shape index (κ3) is 7.39. The second kappa shape index (κ2) is 12.0. The van der Waals surface area contributed by atoms with Crippen LogP contribution >= 0.6 is 23.2 Å². The van der Waals surface area contributed by atoms with Crippen molar-refractivity contribution in [1.29, 1.82) is 0 Å². The van der Waals surface area contributed by atoms with Gasteiger partial charge in [-0.1, -0.05) is 12.1 Å². The highest BCUT2D eigenvalue weighted by atomic mass is 35.5. The summed E-state index contributed by atoms with van der Waals surface area (Å²) in [5, 5.41) is 5.05. The molecule has 0 bridgehead atoms. The van der Waals surface area contributed by atoms with E-state index in [0.29, 0.717) is 24.6 Å². The largest absolute Gasteiger partial charge is 0.352 e. The van der Waals surface area contributed by atoms with Gasteiger partial charge in [0.2, 0.25) is 0 Å². The van der Waals surface area contributed by atoms with Gasteiger partial charge in [0.05, 0.1) is 0 Å². The van der Waals surface area contributed by atoms with Gasteiger partial charge >= 0.3 is 0 Å². The molecule has 0 atom stereocenters. The number of rotatable bonds is 11. The average molecular weight is 553 g/mol. The van der Waals surface area contributed by atoms with Crippen molar-refractivity contribution >= 4 is 55.3 Å². The molecule has 14 heteroatoms. The fourth-order valence-electron chi connectivity index (χ4n) is 2.94. The molecule has 2 aromatic carbocycles. The molecule has 0 spiro atoms. The third-order valence-corrected chi connectivity index (χ3v) is 6.85. The van der Waals surface area contributed by atoms with Crippen LogP contribution in [0.2, 0.25) is 0 Å². The highest BCUT2D eigenvalue weighted by Crippen LogP contribution is 2.34. The number of hydrogen-bond acceptors (Lipinski definition) is 6. The van der Waals surface area contributed by atoms with Crippen LogP contribution in [-0.4, -0.2) is 62.6 Å². The van der Waals surface area contributed by atoms with Crippen molar-refractivity contribution < 1.29 is 35.5 Å². The highest BCUT2D eigenvalue weighted by molar-refractivity contribution is 7.86. The lowest BCUT2D eigenvalue weighted by Crippen LogP contribution is -2.25. The lowest BCUT2D eigenvalue weighted by Gasteiger charge is -2.14. The number of amides is 2. The van der Waals surface area contributed by atoms with E-state index in [9.17, 15) is 35.5 Å². The molecule has 34 heavy (non-hydrogen) atoms. The van der Waals surface area contributed by atoms with Crippen LogP contribution in [0.15, 0.2) is 46.2 Å². The molecule has 2 amide bonds. The van der Waals surface area contributed by atoms with E-state index in [2.05, 4.69) is 10.6 Å². The molecular formula is C20H22Cl2N2O8S2. The summed E-state index contributed by atoms with van der Waals surface area (Å²) < 4.78 is 67.7. The predicted octanol–water partition coefficient (Wildman–Crippen LogP) is 2.56. The molecule has 0 aliphatic carbocycles. The Labute approximate surface area is 207 Å². The molecule has 0 saturated heterocycles. The first-order chi connectivity index (χ1) is 15.9. The van der Waals surface area contributed by atoms with Gasteiger partial charge in [-0.25, -0.2) is 0 Å². The maximum absolute atomic E-state index is 12.3. The standard InChI is InChI=1S/C20H22Cl2N2O8S2/c21-7-1-9-23-19(25)13-3-5-15(17(11-13)33(27,28)29)16-6-4-14(12-18(16)34(30,31)32)20(26)24-10-2-8-22/h3-6,11-12H,1-2,7-10H2,(H,23,25)(H,24,26)(H,27,28,29)(H,30,31,32). The van der Waals surface area contributed by atoms with Crippen LogP contribution in [0, 0.1) is 0 Å². The SMILES string of the molecule is O=C(NCCCCl)c1ccc(-c2ccc(C(=O)NCCCCl)cc2S(=O)(=O)O)c(S(=O)(=O)O)c1. The van der Waals surface area contributed by atoms with Crippen molar-refractivity contribution in [3.8, 4) is 11.1 Å². The lowest BCUT2D eigenvalue weighted by molar-refractivity contribution is 0.0945. The quantitative estimate of drug-likeness (QED) is 0.187. The minimum Gasteiger partial charge on any atom is -0.352 e. The third-order valence-electron chi connectivity index (χ3n) is 4.53.